The van der Waals surface area contributed by atoms with Crippen molar-refractivity contribution in [1.82, 2.24) is 15.1 Å². The molecule has 0 saturated carbocycles. The molecule has 4 heteroatoms. The molecule has 0 bridgehead atoms. The average molecular weight is 285 g/mol. The van der Waals surface area contributed by atoms with Crippen LogP contribution in [0.15, 0.2) is 36.4 Å². The molecule has 0 aliphatic heterocycles. The van der Waals surface area contributed by atoms with E-state index in [1.54, 1.807) is 0 Å². The molecule has 0 aliphatic carbocycles. The van der Waals surface area contributed by atoms with Gasteiger partial charge in [0.25, 0.3) is 0 Å². The number of benzene rings is 1. The second-order valence-electron chi connectivity index (χ2n) is 5.34. The number of aryl methyl sites for hydroxylation is 3. The molecule has 0 saturated heterocycles. The number of hydrogen-bond donors (Lipinski definition) is 1. The van der Waals surface area contributed by atoms with Gasteiger partial charge >= 0.3 is 0 Å². The Morgan fingerprint density at radius 3 is 2.57 bits per heavy atom. The van der Waals surface area contributed by atoms with E-state index < -0.39 is 0 Å². The van der Waals surface area contributed by atoms with Gasteiger partial charge in [-0.3, -0.25) is 9.48 Å². The zero-order chi connectivity index (χ0) is 15.2. The fourth-order valence-corrected chi connectivity index (χ4v) is 2.48. The SMILES string of the molecule is CCC(NC(=O)CCn1nc(C)cc1C)c1ccccc1. The Hall–Kier alpha value is -2.10. The van der Waals surface area contributed by atoms with E-state index in [4.69, 9.17) is 0 Å². The summed E-state index contributed by atoms with van der Waals surface area (Å²) in [5.41, 5.74) is 3.23. The summed E-state index contributed by atoms with van der Waals surface area (Å²) in [6, 6.07) is 12.2. The maximum Gasteiger partial charge on any atom is 0.222 e. The number of carbonyl (C=O) groups excluding carboxylic acids is 1. The van der Waals surface area contributed by atoms with Crippen LogP contribution >= 0.6 is 0 Å². The Balaban J connectivity index is 1.90. The zero-order valence-electron chi connectivity index (χ0n) is 13.0. The topological polar surface area (TPSA) is 46.9 Å². The number of amides is 1. The van der Waals surface area contributed by atoms with E-state index in [0.717, 1.165) is 23.4 Å². The number of rotatable bonds is 6. The summed E-state index contributed by atoms with van der Waals surface area (Å²) in [7, 11) is 0. The first kappa shape index (κ1) is 15.3. The van der Waals surface area contributed by atoms with Crippen LogP contribution in [0.5, 0.6) is 0 Å². The average Bonchev–Trinajstić information content (AvgIpc) is 2.81. The molecule has 2 aromatic rings. The Labute approximate surface area is 126 Å². The lowest BCUT2D eigenvalue weighted by atomic mass is 10.0. The molecule has 21 heavy (non-hydrogen) atoms. The standard InChI is InChI=1S/C17H23N3O/c1-4-16(15-8-6-5-7-9-15)18-17(21)10-11-20-14(3)12-13(2)19-20/h5-9,12,16H,4,10-11H2,1-3H3,(H,18,21). The van der Waals surface area contributed by atoms with Crippen molar-refractivity contribution < 1.29 is 4.79 Å². The predicted octanol–water partition coefficient (Wildman–Crippen LogP) is 3.16. The molecule has 0 aliphatic rings. The van der Waals surface area contributed by atoms with E-state index in [-0.39, 0.29) is 11.9 Å². The summed E-state index contributed by atoms with van der Waals surface area (Å²) >= 11 is 0. The van der Waals surface area contributed by atoms with Crippen molar-refractivity contribution in [3.05, 3.63) is 53.3 Å². The third-order valence-electron chi connectivity index (χ3n) is 3.60. The molecule has 0 radical (unpaired) electrons. The van der Waals surface area contributed by atoms with Crippen LogP contribution in [0, 0.1) is 13.8 Å². The van der Waals surface area contributed by atoms with E-state index in [1.165, 1.54) is 0 Å². The van der Waals surface area contributed by atoms with E-state index in [9.17, 15) is 4.79 Å². The third kappa shape index (κ3) is 4.18. The van der Waals surface area contributed by atoms with Gasteiger partial charge in [0.05, 0.1) is 11.7 Å². The van der Waals surface area contributed by atoms with Crippen molar-refractivity contribution in [2.24, 2.45) is 0 Å². The minimum Gasteiger partial charge on any atom is -0.349 e. The van der Waals surface area contributed by atoms with Crippen LogP contribution in [0.3, 0.4) is 0 Å². The molecule has 0 spiro atoms. The van der Waals surface area contributed by atoms with Crippen molar-refractivity contribution in [3.63, 3.8) is 0 Å². The maximum atomic E-state index is 12.1. The molecule has 1 N–H and O–H groups in total. The number of hydrogen-bond acceptors (Lipinski definition) is 2. The van der Waals surface area contributed by atoms with E-state index in [1.807, 2.05) is 42.8 Å². The summed E-state index contributed by atoms with van der Waals surface area (Å²) in [4.78, 5) is 12.1. The first-order valence-corrected chi connectivity index (χ1v) is 7.45. The van der Waals surface area contributed by atoms with Gasteiger partial charge in [-0.25, -0.2) is 0 Å². The fraction of sp³-hybridized carbons (Fsp3) is 0.412. The first-order valence-electron chi connectivity index (χ1n) is 7.45. The Bertz CT molecular complexity index is 589. The highest BCUT2D eigenvalue weighted by molar-refractivity contribution is 5.76. The normalized spacial score (nSPS) is 12.1. The number of nitrogens with zero attached hydrogens (tertiary/aromatic N) is 2. The number of aromatic nitrogens is 2. The molecule has 1 unspecified atom stereocenters. The molecule has 4 nitrogen and oxygen atoms in total. The van der Waals surface area contributed by atoms with Crippen LogP contribution in [0.2, 0.25) is 0 Å². The Morgan fingerprint density at radius 1 is 1.29 bits per heavy atom. The Morgan fingerprint density at radius 2 is 2.00 bits per heavy atom. The van der Waals surface area contributed by atoms with E-state index >= 15 is 0 Å². The van der Waals surface area contributed by atoms with Gasteiger partial charge in [-0.05, 0) is 31.9 Å². The summed E-state index contributed by atoms with van der Waals surface area (Å²) in [5.74, 6) is 0.0678. The molecular formula is C17H23N3O. The van der Waals surface area contributed by atoms with Gasteiger partial charge in [-0.1, -0.05) is 37.3 Å². The van der Waals surface area contributed by atoms with Gasteiger partial charge in [0, 0.05) is 18.7 Å². The molecule has 0 fully saturated rings. The van der Waals surface area contributed by atoms with Crippen LogP contribution in [-0.4, -0.2) is 15.7 Å². The molecule has 1 amide bonds. The minimum atomic E-state index is 0.0678. The second kappa shape index (κ2) is 7.07. The molecule has 1 heterocycles. The highest BCUT2D eigenvalue weighted by Gasteiger charge is 2.12. The van der Waals surface area contributed by atoms with Crippen molar-refractivity contribution in [3.8, 4) is 0 Å². The van der Waals surface area contributed by atoms with Gasteiger partial charge in [-0.2, -0.15) is 5.10 Å². The summed E-state index contributed by atoms with van der Waals surface area (Å²) in [6.07, 6.45) is 1.33. The van der Waals surface area contributed by atoms with Gasteiger partial charge in [0.15, 0.2) is 0 Å². The third-order valence-corrected chi connectivity index (χ3v) is 3.60. The molecule has 1 atom stereocenters. The molecule has 1 aromatic carbocycles. The quantitative estimate of drug-likeness (QED) is 0.886. The van der Waals surface area contributed by atoms with Crippen molar-refractivity contribution in [1.29, 1.82) is 0 Å². The Kier molecular flexibility index (Phi) is 5.14. The molecule has 112 valence electrons. The van der Waals surface area contributed by atoms with Gasteiger partial charge in [0.2, 0.25) is 5.91 Å². The highest BCUT2D eigenvalue weighted by atomic mass is 16.1. The summed E-state index contributed by atoms with van der Waals surface area (Å²) in [5, 5.41) is 7.48. The molecular weight excluding hydrogens is 262 g/mol. The fourth-order valence-electron chi connectivity index (χ4n) is 2.48. The zero-order valence-corrected chi connectivity index (χ0v) is 13.0. The van der Waals surface area contributed by atoms with Crippen LogP contribution in [0.25, 0.3) is 0 Å². The maximum absolute atomic E-state index is 12.1. The predicted molar refractivity (Wildman–Crippen MR) is 83.9 cm³/mol. The molecule has 2 rings (SSSR count). The number of nitrogens with one attached hydrogen (secondary N) is 1. The molecule has 1 aromatic heterocycles. The monoisotopic (exact) mass is 285 g/mol. The van der Waals surface area contributed by atoms with E-state index in [2.05, 4.69) is 29.5 Å². The lowest BCUT2D eigenvalue weighted by Gasteiger charge is -2.17. The van der Waals surface area contributed by atoms with Crippen LogP contribution in [0.1, 0.15) is 42.8 Å². The van der Waals surface area contributed by atoms with Crippen molar-refractivity contribution in [2.75, 3.05) is 0 Å². The summed E-state index contributed by atoms with van der Waals surface area (Å²) in [6.45, 7) is 6.68. The highest BCUT2D eigenvalue weighted by Crippen LogP contribution is 2.16. The van der Waals surface area contributed by atoms with Crippen LogP contribution < -0.4 is 5.32 Å². The van der Waals surface area contributed by atoms with Crippen molar-refractivity contribution >= 4 is 5.91 Å². The number of carbonyl (C=O) groups is 1. The minimum absolute atomic E-state index is 0.0678. The lowest BCUT2D eigenvalue weighted by molar-refractivity contribution is -0.122. The van der Waals surface area contributed by atoms with E-state index in [0.29, 0.717) is 13.0 Å². The smallest absolute Gasteiger partial charge is 0.222 e. The van der Waals surface area contributed by atoms with Gasteiger partial charge in [0.1, 0.15) is 0 Å². The second-order valence-corrected chi connectivity index (χ2v) is 5.34. The van der Waals surface area contributed by atoms with Crippen molar-refractivity contribution in [2.45, 2.75) is 46.2 Å². The van der Waals surface area contributed by atoms with Gasteiger partial charge < -0.3 is 5.32 Å². The lowest BCUT2D eigenvalue weighted by Crippen LogP contribution is -2.29. The van der Waals surface area contributed by atoms with Crippen LogP contribution in [-0.2, 0) is 11.3 Å². The largest absolute Gasteiger partial charge is 0.349 e. The van der Waals surface area contributed by atoms with Crippen LogP contribution in [0.4, 0.5) is 0 Å². The van der Waals surface area contributed by atoms with Gasteiger partial charge in [-0.15, -0.1) is 0 Å². The first-order chi connectivity index (χ1) is 10.1. The summed E-state index contributed by atoms with van der Waals surface area (Å²) < 4.78 is 1.89.